The maximum atomic E-state index is 15.4. The molecule has 0 aromatic heterocycles. The normalized spacial score (nSPS) is 17.6. The quantitative estimate of drug-likeness (QED) is 0.0777. The molecule has 1 atom stereocenters. The van der Waals surface area contributed by atoms with E-state index in [4.69, 9.17) is 0 Å². The minimum atomic E-state index is -10.6. The molecule has 0 aromatic rings. The second-order valence-corrected chi connectivity index (χ2v) is 12.5. The number of carbonyl (C=O) groups is 1. The van der Waals surface area contributed by atoms with Gasteiger partial charge in [0, 0.05) is 5.57 Å². The maximum absolute atomic E-state index is 15.4. The average Bonchev–Trinajstić information content (AvgIpc) is 3.07. The molecule has 0 fully saturated rings. The Kier molecular flexibility index (Phi) is 14.6. The summed E-state index contributed by atoms with van der Waals surface area (Å²) in [5, 5.41) is 0. The Morgan fingerprint density at radius 2 is 0.433 bits per heavy atom. The largest absolute Gasteiger partial charge is 0.460 e. The second-order valence-electron chi connectivity index (χ2n) is 12.5. The summed E-state index contributed by atoms with van der Waals surface area (Å²) < 4.78 is 566. The molecule has 0 amide bonds. The Morgan fingerprint density at radius 3 is 0.597 bits per heavy atom. The molecule has 67 heavy (non-hydrogen) atoms. The summed E-state index contributed by atoms with van der Waals surface area (Å²) in [6, 6.07) is 0. The van der Waals surface area contributed by atoms with Crippen molar-refractivity contribution in [2.24, 2.45) is 0 Å². The van der Waals surface area contributed by atoms with E-state index >= 15 is 4.39 Å². The Morgan fingerprint density at radius 1 is 0.269 bits per heavy atom. The SMILES string of the molecule is C=C(C)C(=O)OC(F)(C(F)(F)C(F)(F)C(F)(F)C(F)(F)C(F)(F)C(F)(F)C(F)(F)C(F)(F)F)C(F)(F)C(F)(F)C(F)(F)C(F)(F)C(F)(F)C(F)(F)C(F)(F)C(F)(F)C(F)(C(F)(F)F)C(F)(F)F. The van der Waals surface area contributed by atoms with Crippen molar-refractivity contribution in [1.29, 1.82) is 0 Å². The van der Waals surface area contributed by atoms with Crippen LogP contribution in [0.15, 0.2) is 12.2 Å². The minimum absolute atomic E-state index is 0.591. The summed E-state index contributed by atoms with van der Waals surface area (Å²) >= 11 is 0. The highest BCUT2D eigenvalue weighted by atomic mass is 19.5. The van der Waals surface area contributed by atoms with E-state index in [9.17, 15) is 180 Å². The molecule has 0 saturated carbocycles. The molecule has 2 nitrogen and oxygen atoms in total. The van der Waals surface area contributed by atoms with Crippen LogP contribution >= 0.6 is 0 Å². The fourth-order valence-electron chi connectivity index (χ4n) is 4.02. The molecule has 0 N–H and O–H groups in total. The van der Waals surface area contributed by atoms with Crippen molar-refractivity contribution in [3.05, 3.63) is 12.2 Å². The molecular weight excluding hydrogens is 1100 g/mol. The molecule has 1 unspecified atom stereocenters. The Balaban J connectivity index is 8.67. The number of halogens is 41. The molecule has 0 aliphatic rings. The summed E-state index contributed by atoms with van der Waals surface area (Å²) in [4.78, 5) is 11.4. The van der Waals surface area contributed by atoms with E-state index in [0.29, 0.717) is 0 Å². The molecule has 400 valence electrons. The Labute approximate surface area is 335 Å². The average molecular weight is 1100 g/mol. The monoisotopic (exact) mass is 1100 g/mol. The van der Waals surface area contributed by atoms with E-state index in [1.807, 2.05) is 0 Å². The van der Waals surface area contributed by atoms with E-state index in [0.717, 1.165) is 0 Å². The lowest BCUT2D eigenvalue weighted by atomic mass is 9.80. The van der Waals surface area contributed by atoms with Gasteiger partial charge >= 0.3 is 125 Å². The van der Waals surface area contributed by atoms with Gasteiger partial charge in [-0.15, -0.1) is 0 Å². The Hall–Kier alpha value is -3.66. The number of carbonyl (C=O) groups excluding carboxylic acids is 1. The van der Waals surface area contributed by atoms with Crippen molar-refractivity contribution in [2.45, 2.75) is 126 Å². The highest BCUT2D eigenvalue weighted by Crippen LogP contribution is 2.71. The second kappa shape index (κ2) is 15.4. The predicted octanol–water partition coefficient (Wildman–Crippen LogP) is 13.7. The van der Waals surface area contributed by atoms with E-state index in [1.54, 1.807) is 11.3 Å². The molecule has 0 aliphatic heterocycles. The van der Waals surface area contributed by atoms with Crippen LogP contribution in [0, 0.1) is 0 Å². The van der Waals surface area contributed by atoms with E-state index < -0.39 is 137 Å². The summed E-state index contributed by atoms with van der Waals surface area (Å²) in [6.45, 7) is 1.19. The van der Waals surface area contributed by atoms with Crippen LogP contribution in [0.4, 0.5) is 180 Å². The number of rotatable bonds is 18. The fourth-order valence-corrected chi connectivity index (χ4v) is 4.02. The lowest BCUT2D eigenvalue weighted by molar-refractivity contribution is -0.503. The van der Waals surface area contributed by atoms with Gasteiger partial charge in [0.15, 0.2) is 0 Å². The standard InChI is InChI=1S/C24H5F41O2/c1-3(2)4(66)67-21(56,19(52,53)16(46,47)13(40,41)11(36,37)14(42,43)17(48,49)20(54,55)24(63,64)65)18(50,51)15(44,45)12(38,39)10(34,35)9(32,33)8(30,31)7(28,29)6(26,27)5(25,22(57,58)59)23(60,61)62/h1H2,2H3. The molecule has 0 aliphatic carbocycles. The van der Waals surface area contributed by atoms with Gasteiger partial charge in [-0.3, -0.25) is 0 Å². The summed E-state index contributed by atoms with van der Waals surface area (Å²) in [5.74, 6) is -168. The molecule has 0 aromatic carbocycles. The lowest BCUT2D eigenvalue weighted by Crippen LogP contribution is -2.82. The first-order valence-electron chi connectivity index (χ1n) is 14.2. The molecular formula is C24H5F41O2. The zero-order valence-corrected chi connectivity index (χ0v) is 29.0. The minimum Gasteiger partial charge on any atom is -0.413 e. The molecule has 0 radical (unpaired) electrons. The van der Waals surface area contributed by atoms with Crippen LogP contribution in [-0.4, -0.2) is 125 Å². The van der Waals surface area contributed by atoms with Crippen LogP contribution in [0.3, 0.4) is 0 Å². The number of ether oxygens (including phenoxy) is 1. The predicted molar refractivity (Wildman–Crippen MR) is 121 cm³/mol. The molecule has 0 saturated heterocycles. The van der Waals surface area contributed by atoms with Crippen LogP contribution in [0.1, 0.15) is 6.92 Å². The Bertz CT molecular complexity index is 1840. The summed E-state index contributed by atoms with van der Waals surface area (Å²) in [7, 11) is 0. The third kappa shape index (κ3) is 7.30. The van der Waals surface area contributed by atoms with Gasteiger partial charge in [0.1, 0.15) is 0 Å². The van der Waals surface area contributed by atoms with E-state index in [-0.39, 0.29) is 0 Å². The van der Waals surface area contributed by atoms with Crippen molar-refractivity contribution in [1.82, 2.24) is 0 Å². The summed E-state index contributed by atoms with van der Waals surface area (Å²) in [5.41, 5.74) is -12.2. The fraction of sp³-hybridized carbons (Fsp3) is 0.875. The summed E-state index contributed by atoms with van der Waals surface area (Å²) in [6.07, 6.45) is -26.6. The van der Waals surface area contributed by atoms with E-state index in [2.05, 4.69) is 0 Å². The van der Waals surface area contributed by atoms with Gasteiger partial charge < -0.3 is 4.74 Å². The van der Waals surface area contributed by atoms with Gasteiger partial charge in [0.05, 0.1) is 0 Å². The molecule has 0 rings (SSSR count). The first-order chi connectivity index (χ1) is 28.1. The third-order valence-electron chi connectivity index (χ3n) is 8.09. The molecule has 0 heterocycles. The van der Waals surface area contributed by atoms with E-state index in [1.165, 1.54) is 0 Å². The van der Waals surface area contributed by atoms with Gasteiger partial charge in [0.25, 0.3) is 0 Å². The van der Waals surface area contributed by atoms with Crippen molar-refractivity contribution >= 4 is 5.97 Å². The van der Waals surface area contributed by atoms with Crippen molar-refractivity contribution in [3.8, 4) is 0 Å². The topological polar surface area (TPSA) is 26.3 Å². The van der Waals surface area contributed by atoms with Crippen molar-refractivity contribution in [3.63, 3.8) is 0 Å². The maximum Gasteiger partial charge on any atom is 0.460 e. The molecule has 43 heteroatoms. The van der Waals surface area contributed by atoms with Gasteiger partial charge in [-0.2, -0.15) is 176 Å². The zero-order valence-electron chi connectivity index (χ0n) is 29.0. The molecule has 0 spiro atoms. The lowest BCUT2D eigenvalue weighted by Gasteiger charge is -2.49. The number of hydrogen-bond donors (Lipinski definition) is 0. The highest BCUT2D eigenvalue weighted by Gasteiger charge is 3.04. The van der Waals surface area contributed by atoms with Crippen LogP contribution < -0.4 is 0 Å². The van der Waals surface area contributed by atoms with Crippen LogP contribution in [0.2, 0.25) is 0 Å². The number of esters is 1. The first kappa shape index (κ1) is 63.3. The van der Waals surface area contributed by atoms with Gasteiger partial charge in [-0.1, -0.05) is 6.58 Å². The molecule has 0 bridgehead atoms. The highest BCUT2D eigenvalue weighted by molar-refractivity contribution is 5.87. The number of alkyl halides is 41. The van der Waals surface area contributed by atoms with Gasteiger partial charge in [-0.25, -0.2) is 9.18 Å². The van der Waals surface area contributed by atoms with Crippen molar-refractivity contribution < 1.29 is 190 Å². The van der Waals surface area contributed by atoms with Crippen LogP contribution in [-0.2, 0) is 9.53 Å². The van der Waals surface area contributed by atoms with Gasteiger partial charge in [-0.05, 0) is 6.92 Å². The third-order valence-corrected chi connectivity index (χ3v) is 8.09. The number of hydrogen-bond acceptors (Lipinski definition) is 2. The van der Waals surface area contributed by atoms with Crippen LogP contribution in [0.5, 0.6) is 0 Å². The smallest absolute Gasteiger partial charge is 0.413 e. The van der Waals surface area contributed by atoms with Crippen molar-refractivity contribution in [2.75, 3.05) is 0 Å². The van der Waals surface area contributed by atoms with Gasteiger partial charge in [0.2, 0.25) is 0 Å². The van der Waals surface area contributed by atoms with Crippen LogP contribution in [0.25, 0.3) is 0 Å². The first-order valence-corrected chi connectivity index (χ1v) is 14.2. The zero-order chi connectivity index (χ0) is 55.9.